The van der Waals surface area contributed by atoms with Gasteiger partial charge in [-0.25, -0.2) is 13.2 Å². The number of nitrogens with two attached hydrogens (primary N) is 1. The summed E-state index contributed by atoms with van der Waals surface area (Å²) in [5, 5.41) is 7.59. The highest BCUT2D eigenvalue weighted by molar-refractivity contribution is 8.01. The number of ether oxygens (including phenoxy) is 1. The van der Waals surface area contributed by atoms with Crippen LogP contribution in [0.5, 0.6) is 0 Å². The second-order valence-electron chi connectivity index (χ2n) is 6.99. The standard InChI is InChI=1S/C22H19F3N2O4S3/c1-32-20-18(12-17(33-20)19(26)27)34(29,30)16-4-2-3-15(11-16)14-7-5-13(6-8-14)9-10-31-21(28)22(23,24)25/h2-8,11-12H,9-10H2,1H3,(H3,26,27). The van der Waals surface area contributed by atoms with E-state index in [1.165, 1.54) is 30.0 Å². The number of thiophene rings is 1. The summed E-state index contributed by atoms with van der Waals surface area (Å²) in [7, 11) is -3.87. The summed E-state index contributed by atoms with van der Waals surface area (Å²) in [4.78, 5) is 11.3. The number of esters is 1. The van der Waals surface area contributed by atoms with Crippen LogP contribution in [-0.4, -0.2) is 39.3 Å². The van der Waals surface area contributed by atoms with E-state index in [4.69, 9.17) is 11.1 Å². The topological polar surface area (TPSA) is 110 Å². The van der Waals surface area contributed by atoms with Crippen molar-refractivity contribution in [2.24, 2.45) is 5.73 Å². The maximum Gasteiger partial charge on any atom is 0.490 e. The van der Waals surface area contributed by atoms with Gasteiger partial charge in [-0.15, -0.1) is 23.1 Å². The number of hydrogen-bond donors (Lipinski definition) is 2. The number of carbonyl (C=O) groups is 1. The van der Waals surface area contributed by atoms with Gasteiger partial charge in [0.2, 0.25) is 9.84 Å². The van der Waals surface area contributed by atoms with Gasteiger partial charge >= 0.3 is 12.1 Å². The smallest absolute Gasteiger partial charge is 0.459 e. The molecule has 0 amide bonds. The fourth-order valence-electron chi connectivity index (χ4n) is 3.00. The molecule has 0 fully saturated rings. The summed E-state index contributed by atoms with van der Waals surface area (Å²) in [5.74, 6) is -2.43. The Hall–Kier alpha value is -2.83. The Morgan fingerprint density at radius 1 is 1.12 bits per heavy atom. The first-order chi connectivity index (χ1) is 15.9. The molecule has 6 nitrogen and oxygen atoms in total. The normalized spacial score (nSPS) is 11.9. The number of halogens is 3. The minimum atomic E-state index is -5.03. The van der Waals surface area contributed by atoms with Crippen LogP contribution in [0.15, 0.2) is 68.6 Å². The fraction of sp³-hybridized carbons (Fsp3) is 0.182. The number of alkyl halides is 3. The minimum Gasteiger partial charge on any atom is -0.459 e. The summed E-state index contributed by atoms with van der Waals surface area (Å²) in [6, 6.07) is 14.5. The number of thioether (sulfide) groups is 1. The molecule has 1 heterocycles. The molecule has 0 atom stereocenters. The number of nitrogens with one attached hydrogen (secondary N) is 1. The van der Waals surface area contributed by atoms with E-state index in [1.807, 2.05) is 0 Å². The monoisotopic (exact) mass is 528 g/mol. The quantitative estimate of drug-likeness (QED) is 0.186. The number of rotatable bonds is 8. The van der Waals surface area contributed by atoms with Gasteiger partial charge in [-0.2, -0.15) is 13.2 Å². The molecule has 2 aromatic carbocycles. The van der Waals surface area contributed by atoms with E-state index < -0.39 is 28.6 Å². The number of carbonyl (C=O) groups excluding carboxylic acids is 1. The van der Waals surface area contributed by atoms with Gasteiger partial charge in [0.05, 0.1) is 25.5 Å². The lowest BCUT2D eigenvalue weighted by Crippen LogP contribution is -2.26. The predicted molar refractivity (Wildman–Crippen MR) is 125 cm³/mol. The van der Waals surface area contributed by atoms with Crippen molar-refractivity contribution in [3.05, 3.63) is 65.0 Å². The summed E-state index contributed by atoms with van der Waals surface area (Å²) < 4.78 is 67.9. The first-order valence-corrected chi connectivity index (χ1v) is 13.2. The highest BCUT2D eigenvalue weighted by Gasteiger charge is 2.40. The molecule has 3 rings (SSSR count). The van der Waals surface area contributed by atoms with E-state index in [-0.39, 0.29) is 22.0 Å². The van der Waals surface area contributed by atoms with Crippen LogP contribution in [0.1, 0.15) is 10.4 Å². The van der Waals surface area contributed by atoms with Crippen LogP contribution in [-0.2, 0) is 25.8 Å². The van der Waals surface area contributed by atoms with Crippen molar-refractivity contribution in [1.29, 1.82) is 5.41 Å². The lowest BCUT2D eigenvalue weighted by Gasteiger charge is -2.09. The average Bonchev–Trinajstić information content (AvgIpc) is 3.25. The van der Waals surface area contributed by atoms with Gasteiger partial charge in [0.15, 0.2) is 0 Å². The summed E-state index contributed by atoms with van der Waals surface area (Å²) in [6.45, 7) is -0.411. The zero-order valence-electron chi connectivity index (χ0n) is 17.7. The third kappa shape index (κ3) is 5.80. The Morgan fingerprint density at radius 3 is 2.38 bits per heavy atom. The third-order valence-electron chi connectivity index (χ3n) is 4.69. The molecule has 34 heavy (non-hydrogen) atoms. The van der Waals surface area contributed by atoms with E-state index in [0.29, 0.717) is 25.8 Å². The van der Waals surface area contributed by atoms with Crippen LogP contribution in [0, 0.1) is 5.41 Å². The molecule has 0 saturated heterocycles. The number of hydrogen-bond acceptors (Lipinski definition) is 7. The second kappa shape index (κ2) is 10.2. The Morgan fingerprint density at radius 2 is 1.79 bits per heavy atom. The molecular formula is C22H19F3N2O4S3. The zero-order chi connectivity index (χ0) is 25.1. The SMILES string of the molecule is CSc1sc(C(=N)N)cc1S(=O)(=O)c1cccc(-c2ccc(CCOC(=O)C(F)(F)F)cc2)c1. The lowest BCUT2D eigenvalue weighted by atomic mass is 10.0. The minimum absolute atomic E-state index is 0.0799. The first-order valence-electron chi connectivity index (χ1n) is 9.64. The van der Waals surface area contributed by atoms with Crippen LogP contribution in [0.3, 0.4) is 0 Å². The Labute approximate surface area is 202 Å². The van der Waals surface area contributed by atoms with Gasteiger partial charge < -0.3 is 10.5 Å². The van der Waals surface area contributed by atoms with Crippen LogP contribution < -0.4 is 5.73 Å². The van der Waals surface area contributed by atoms with Gasteiger partial charge in [0.1, 0.15) is 5.84 Å². The highest BCUT2D eigenvalue weighted by Crippen LogP contribution is 2.37. The van der Waals surface area contributed by atoms with Gasteiger partial charge in [-0.1, -0.05) is 36.4 Å². The Kier molecular flexibility index (Phi) is 7.74. The van der Waals surface area contributed by atoms with Crippen LogP contribution in [0.4, 0.5) is 13.2 Å². The zero-order valence-corrected chi connectivity index (χ0v) is 20.1. The molecule has 0 aliphatic carbocycles. The molecule has 0 aliphatic rings. The molecule has 3 N–H and O–H groups in total. The van der Waals surface area contributed by atoms with Crippen LogP contribution in [0.2, 0.25) is 0 Å². The number of amidine groups is 1. The van der Waals surface area contributed by atoms with Crippen molar-refractivity contribution < 1.29 is 31.1 Å². The molecule has 3 aromatic rings. The molecule has 0 radical (unpaired) electrons. The first kappa shape index (κ1) is 25.8. The average molecular weight is 529 g/mol. The molecular weight excluding hydrogens is 509 g/mol. The van der Waals surface area contributed by atoms with Crippen LogP contribution >= 0.6 is 23.1 Å². The van der Waals surface area contributed by atoms with Gasteiger partial charge in [0, 0.05) is 6.42 Å². The third-order valence-corrected chi connectivity index (χ3v) is 9.03. The molecule has 180 valence electrons. The molecule has 0 saturated carbocycles. The second-order valence-corrected chi connectivity index (χ2v) is 11.0. The lowest BCUT2D eigenvalue weighted by molar-refractivity contribution is -0.199. The van der Waals surface area contributed by atoms with Crippen molar-refractivity contribution >= 4 is 44.7 Å². The largest absolute Gasteiger partial charge is 0.490 e. The maximum atomic E-state index is 13.3. The summed E-state index contributed by atoms with van der Waals surface area (Å²) in [5.41, 5.74) is 7.51. The number of sulfone groups is 1. The molecule has 0 bridgehead atoms. The van der Waals surface area contributed by atoms with Crippen molar-refractivity contribution in [2.75, 3.05) is 12.9 Å². The van der Waals surface area contributed by atoms with Crippen molar-refractivity contribution in [1.82, 2.24) is 0 Å². The molecule has 1 aromatic heterocycles. The van der Waals surface area contributed by atoms with Crippen molar-refractivity contribution in [3.8, 4) is 11.1 Å². The fourth-order valence-corrected chi connectivity index (χ4v) is 6.90. The van der Waals surface area contributed by atoms with Crippen molar-refractivity contribution in [3.63, 3.8) is 0 Å². The van der Waals surface area contributed by atoms with E-state index in [9.17, 15) is 26.4 Å². The summed E-state index contributed by atoms with van der Waals surface area (Å²) >= 11 is 2.40. The maximum absolute atomic E-state index is 13.3. The number of benzene rings is 2. The van der Waals surface area contributed by atoms with Crippen molar-refractivity contribution in [2.45, 2.75) is 26.6 Å². The van der Waals surface area contributed by atoms with Gasteiger partial charge in [-0.05, 0) is 41.1 Å². The molecule has 12 heteroatoms. The van der Waals surface area contributed by atoms with E-state index in [1.54, 1.807) is 42.7 Å². The Balaban J connectivity index is 1.80. The summed E-state index contributed by atoms with van der Waals surface area (Å²) in [6.07, 6.45) is -3.18. The molecule has 0 aliphatic heterocycles. The van der Waals surface area contributed by atoms with E-state index in [0.717, 1.165) is 11.3 Å². The molecule has 0 spiro atoms. The number of nitrogen functional groups attached to an aromatic ring is 1. The highest BCUT2D eigenvalue weighted by atomic mass is 32.2. The van der Waals surface area contributed by atoms with Gasteiger partial charge in [-0.3, -0.25) is 5.41 Å². The predicted octanol–water partition coefficient (Wildman–Crippen LogP) is 4.90. The van der Waals surface area contributed by atoms with E-state index >= 15 is 0 Å². The van der Waals surface area contributed by atoms with Crippen LogP contribution in [0.25, 0.3) is 11.1 Å². The molecule has 0 unspecified atom stereocenters. The van der Waals surface area contributed by atoms with Gasteiger partial charge in [0.25, 0.3) is 0 Å². The van der Waals surface area contributed by atoms with E-state index in [2.05, 4.69) is 4.74 Å². The Bertz CT molecular complexity index is 1320.